The Morgan fingerprint density at radius 1 is 1.31 bits per heavy atom. The molecule has 0 aliphatic heterocycles. The van der Waals surface area contributed by atoms with Crippen LogP contribution in [0.1, 0.15) is 20.8 Å². The van der Waals surface area contributed by atoms with Crippen LogP contribution in [0, 0.1) is 5.41 Å². The highest BCUT2D eigenvalue weighted by molar-refractivity contribution is 6.07. The second-order valence-electron chi connectivity index (χ2n) is 4.42. The molecule has 0 radical (unpaired) electrons. The lowest BCUT2D eigenvalue weighted by Crippen LogP contribution is -2.24. The van der Waals surface area contributed by atoms with Crippen molar-refractivity contribution in [2.75, 3.05) is 0 Å². The van der Waals surface area contributed by atoms with Crippen molar-refractivity contribution in [2.24, 2.45) is 5.41 Å². The predicted octanol–water partition coefficient (Wildman–Crippen LogP) is 1.80. The predicted molar refractivity (Wildman–Crippen MR) is 67.2 cm³/mol. The SMILES string of the molecule is C/C=C/C(=O)C1(C)C=c2ccccc2=C1C. The fourth-order valence-electron chi connectivity index (χ4n) is 2.24. The largest absolute Gasteiger partial charge is 0.294 e. The summed E-state index contributed by atoms with van der Waals surface area (Å²) < 4.78 is 0. The summed E-state index contributed by atoms with van der Waals surface area (Å²) in [5.41, 5.74) is 0.683. The molecule has 0 N–H and O–H groups in total. The van der Waals surface area contributed by atoms with E-state index in [9.17, 15) is 4.79 Å². The fourth-order valence-corrected chi connectivity index (χ4v) is 2.24. The van der Waals surface area contributed by atoms with Crippen molar-refractivity contribution in [1.82, 2.24) is 0 Å². The summed E-state index contributed by atoms with van der Waals surface area (Å²) in [4.78, 5) is 12.1. The Hall–Kier alpha value is -1.63. The van der Waals surface area contributed by atoms with Crippen LogP contribution in [0.4, 0.5) is 0 Å². The molecule has 82 valence electrons. The molecule has 0 amide bonds. The Labute approximate surface area is 95.8 Å². The van der Waals surface area contributed by atoms with E-state index in [2.05, 4.69) is 18.2 Å². The summed E-state index contributed by atoms with van der Waals surface area (Å²) in [6.07, 6.45) is 5.53. The van der Waals surface area contributed by atoms with Crippen molar-refractivity contribution in [3.05, 3.63) is 46.9 Å². The first-order valence-corrected chi connectivity index (χ1v) is 5.56. The van der Waals surface area contributed by atoms with Gasteiger partial charge in [-0.3, -0.25) is 4.79 Å². The van der Waals surface area contributed by atoms with Crippen LogP contribution in [0.2, 0.25) is 0 Å². The maximum Gasteiger partial charge on any atom is 0.169 e. The fraction of sp³-hybridized carbons (Fsp3) is 0.267. The molecule has 0 saturated heterocycles. The number of fused-ring (bicyclic) bond motifs is 1. The molecule has 1 aromatic rings. The maximum absolute atomic E-state index is 12.1. The topological polar surface area (TPSA) is 17.1 Å². The van der Waals surface area contributed by atoms with Crippen molar-refractivity contribution < 1.29 is 4.79 Å². The summed E-state index contributed by atoms with van der Waals surface area (Å²) in [5.74, 6) is 0.156. The van der Waals surface area contributed by atoms with Crippen LogP contribution in [0.5, 0.6) is 0 Å². The number of allylic oxidation sites excluding steroid dienone is 2. The molecule has 1 aliphatic rings. The van der Waals surface area contributed by atoms with Crippen LogP contribution >= 0.6 is 0 Å². The molecule has 1 nitrogen and oxygen atoms in total. The average Bonchev–Trinajstić information content (AvgIpc) is 2.54. The van der Waals surface area contributed by atoms with Gasteiger partial charge in [-0.1, -0.05) is 36.4 Å². The molecule has 1 aliphatic carbocycles. The molecule has 0 aromatic heterocycles. The Bertz CT molecular complexity index is 578. The van der Waals surface area contributed by atoms with E-state index in [0.29, 0.717) is 0 Å². The van der Waals surface area contributed by atoms with Gasteiger partial charge in [-0.25, -0.2) is 0 Å². The molecule has 0 fully saturated rings. The molecule has 0 heterocycles. The van der Waals surface area contributed by atoms with E-state index >= 15 is 0 Å². The van der Waals surface area contributed by atoms with Crippen LogP contribution in [0.25, 0.3) is 11.6 Å². The average molecular weight is 212 g/mol. The van der Waals surface area contributed by atoms with Crippen LogP contribution in [-0.4, -0.2) is 5.78 Å². The van der Waals surface area contributed by atoms with Crippen LogP contribution in [-0.2, 0) is 4.79 Å². The molecule has 1 unspecified atom stereocenters. The first kappa shape index (κ1) is 10.9. The van der Waals surface area contributed by atoms with Crippen molar-refractivity contribution >= 4 is 17.4 Å². The Kier molecular flexibility index (Phi) is 2.55. The van der Waals surface area contributed by atoms with Crippen LogP contribution in [0.3, 0.4) is 0 Å². The molecule has 1 atom stereocenters. The van der Waals surface area contributed by atoms with E-state index in [-0.39, 0.29) is 5.78 Å². The van der Waals surface area contributed by atoms with Gasteiger partial charge in [0.25, 0.3) is 0 Å². The van der Waals surface area contributed by atoms with Gasteiger partial charge in [0.05, 0.1) is 5.41 Å². The van der Waals surface area contributed by atoms with Crippen molar-refractivity contribution in [3.63, 3.8) is 0 Å². The quantitative estimate of drug-likeness (QED) is 0.683. The molecule has 16 heavy (non-hydrogen) atoms. The molecule has 0 spiro atoms. The zero-order chi connectivity index (χ0) is 11.8. The second kappa shape index (κ2) is 3.75. The minimum absolute atomic E-state index is 0.156. The lowest BCUT2D eigenvalue weighted by Gasteiger charge is -2.20. The standard InChI is InChI=1S/C15H16O/c1-4-7-14(16)15(3)10-12-8-5-6-9-13(12)11(15)2/h4-10H,1-3H3/b7-4+. The van der Waals surface area contributed by atoms with Gasteiger partial charge in [-0.05, 0) is 42.9 Å². The van der Waals surface area contributed by atoms with Crippen molar-refractivity contribution in [2.45, 2.75) is 20.8 Å². The van der Waals surface area contributed by atoms with Gasteiger partial charge in [0.1, 0.15) is 0 Å². The molecule has 0 saturated carbocycles. The summed E-state index contributed by atoms with van der Waals surface area (Å²) in [6, 6.07) is 8.17. The van der Waals surface area contributed by atoms with Gasteiger partial charge >= 0.3 is 0 Å². The van der Waals surface area contributed by atoms with Gasteiger partial charge < -0.3 is 0 Å². The molecular formula is C15H16O. The zero-order valence-electron chi connectivity index (χ0n) is 9.95. The van der Waals surface area contributed by atoms with Gasteiger partial charge in [0.15, 0.2) is 5.78 Å². The van der Waals surface area contributed by atoms with Crippen molar-refractivity contribution in [1.29, 1.82) is 0 Å². The highest BCUT2D eigenvalue weighted by Crippen LogP contribution is 2.32. The number of carbonyl (C=O) groups excluding carboxylic acids is 1. The summed E-state index contributed by atoms with van der Waals surface area (Å²) in [7, 11) is 0. The monoisotopic (exact) mass is 212 g/mol. The van der Waals surface area contributed by atoms with Crippen LogP contribution in [0.15, 0.2) is 36.4 Å². The number of benzene rings is 1. The lowest BCUT2D eigenvalue weighted by molar-refractivity contribution is -0.118. The smallest absolute Gasteiger partial charge is 0.169 e. The molecule has 0 bridgehead atoms. The van der Waals surface area contributed by atoms with E-state index in [4.69, 9.17) is 0 Å². The summed E-state index contributed by atoms with van der Waals surface area (Å²) >= 11 is 0. The normalized spacial score (nSPS) is 23.3. The second-order valence-corrected chi connectivity index (χ2v) is 4.42. The molecule has 1 heteroatoms. The van der Waals surface area contributed by atoms with E-state index in [0.717, 1.165) is 5.57 Å². The van der Waals surface area contributed by atoms with E-state index < -0.39 is 5.41 Å². The van der Waals surface area contributed by atoms with E-state index in [1.54, 1.807) is 12.2 Å². The third-order valence-electron chi connectivity index (χ3n) is 3.42. The lowest BCUT2D eigenvalue weighted by atomic mass is 9.80. The minimum atomic E-state index is -0.462. The number of carbonyl (C=O) groups is 1. The van der Waals surface area contributed by atoms with Gasteiger partial charge in [-0.2, -0.15) is 0 Å². The van der Waals surface area contributed by atoms with Crippen LogP contribution < -0.4 is 10.4 Å². The van der Waals surface area contributed by atoms with E-state index in [1.165, 1.54) is 10.4 Å². The number of ketones is 1. The Morgan fingerprint density at radius 3 is 2.62 bits per heavy atom. The first-order valence-electron chi connectivity index (χ1n) is 5.56. The van der Waals surface area contributed by atoms with Crippen molar-refractivity contribution in [3.8, 4) is 0 Å². The Balaban J connectivity index is 2.66. The summed E-state index contributed by atoms with van der Waals surface area (Å²) in [6.45, 7) is 5.91. The third-order valence-corrected chi connectivity index (χ3v) is 3.42. The number of hydrogen-bond donors (Lipinski definition) is 0. The third kappa shape index (κ3) is 1.44. The number of hydrogen-bond acceptors (Lipinski definition) is 1. The highest BCUT2D eigenvalue weighted by atomic mass is 16.1. The molecule has 2 rings (SSSR count). The Morgan fingerprint density at radius 2 is 2.00 bits per heavy atom. The van der Waals surface area contributed by atoms with Gasteiger partial charge in [-0.15, -0.1) is 0 Å². The maximum atomic E-state index is 12.1. The minimum Gasteiger partial charge on any atom is -0.294 e. The van der Waals surface area contributed by atoms with E-state index in [1.807, 2.05) is 32.9 Å². The van der Waals surface area contributed by atoms with Gasteiger partial charge in [0.2, 0.25) is 0 Å². The number of rotatable bonds is 2. The van der Waals surface area contributed by atoms with Gasteiger partial charge in [0, 0.05) is 0 Å². The summed E-state index contributed by atoms with van der Waals surface area (Å²) in [5, 5.41) is 2.36. The zero-order valence-corrected chi connectivity index (χ0v) is 9.95. The first-order chi connectivity index (χ1) is 7.59. The molecular weight excluding hydrogens is 196 g/mol. The molecule has 1 aromatic carbocycles. The highest BCUT2D eigenvalue weighted by Gasteiger charge is 2.33.